The van der Waals surface area contributed by atoms with Gasteiger partial charge in [0.15, 0.2) is 0 Å². The minimum Gasteiger partial charge on any atom is -0.306 e. The van der Waals surface area contributed by atoms with Crippen LogP contribution in [0.3, 0.4) is 0 Å². The van der Waals surface area contributed by atoms with Gasteiger partial charge in [-0.05, 0) is 55.3 Å². The number of hydrogen-bond donors (Lipinski definition) is 0. The van der Waals surface area contributed by atoms with Crippen molar-refractivity contribution in [3.05, 3.63) is 78.5 Å². The van der Waals surface area contributed by atoms with Gasteiger partial charge in [-0.15, -0.1) is 0 Å². The van der Waals surface area contributed by atoms with Crippen LogP contribution >= 0.6 is 0 Å². The molecule has 0 amide bonds. The monoisotopic (exact) mass is 526 g/mol. The summed E-state index contributed by atoms with van der Waals surface area (Å²) < 4.78 is 71.7. The molecule has 2 aromatic carbocycles. The molecule has 190 valence electrons. The molecule has 1 saturated heterocycles. The topological polar surface area (TPSA) is 85.9 Å². The largest absolute Gasteiger partial charge is 0.416 e. The molecule has 1 aliphatic rings. The number of alkyl halides is 3. The lowest BCUT2D eigenvalue weighted by molar-refractivity contribution is -0.137. The van der Waals surface area contributed by atoms with Crippen LogP contribution in [-0.4, -0.2) is 43.6 Å². The molecule has 8 nitrogen and oxygen atoms in total. The molecule has 3 aromatic heterocycles. The van der Waals surface area contributed by atoms with Crippen molar-refractivity contribution in [3.8, 4) is 5.69 Å². The highest BCUT2D eigenvalue weighted by Gasteiger charge is 2.37. The maximum Gasteiger partial charge on any atom is 0.416 e. The Morgan fingerprint density at radius 3 is 2.43 bits per heavy atom. The average Bonchev–Trinajstić information content (AvgIpc) is 3.58. The van der Waals surface area contributed by atoms with E-state index in [4.69, 9.17) is 0 Å². The fraction of sp³-hybridized carbons (Fsp3) is 0.240. The minimum absolute atomic E-state index is 0.126. The van der Waals surface area contributed by atoms with Crippen molar-refractivity contribution in [1.29, 1.82) is 0 Å². The zero-order chi connectivity index (χ0) is 25.9. The molecular weight excluding hydrogens is 505 g/mol. The van der Waals surface area contributed by atoms with Gasteiger partial charge >= 0.3 is 6.18 Å². The number of sulfonamides is 1. The first-order valence-electron chi connectivity index (χ1n) is 11.6. The number of aromatic nitrogens is 5. The summed E-state index contributed by atoms with van der Waals surface area (Å²) in [6.45, 7) is 0.380. The van der Waals surface area contributed by atoms with E-state index < -0.39 is 21.8 Å². The van der Waals surface area contributed by atoms with Crippen molar-refractivity contribution < 1.29 is 21.6 Å². The van der Waals surface area contributed by atoms with Crippen molar-refractivity contribution in [1.82, 2.24) is 28.6 Å². The van der Waals surface area contributed by atoms with Crippen molar-refractivity contribution in [3.63, 3.8) is 0 Å². The highest BCUT2D eigenvalue weighted by atomic mass is 32.2. The Morgan fingerprint density at radius 1 is 1.00 bits per heavy atom. The molecule has 12 heteroatoms. The number of hydrogen-bond acceptors (Lipinski definition) is 5. The highest BCUT2D eigenvalue weighted by Crippen LogP contribution is 2.39. The lowest BCUT2D eigenvalue weighted by Crippen LogP contribution is -2.30. The van der Waals surface area contributed by atoms with Gasteiger partial charge in [-0.2, -0.15) is 22.6 Å². The van der Waals surface area contributed by atoms with Gasteiger partial charge in [-0.1, -0.05) is 0 Å². The fourth-order valence-electron chi connectivity index (χ4n) is 5.08. The summed E-state index contributed by atoms with van der Waals surface area (Å²) in [7, 11) is -2.12. The smallest absolute Gasteiger partial charge is 0.306 e. The van der Waals surface area contributed by atoms with Gasteiger partial charge in [0.05, 0.1) is 27.5 Å². The van der Waals surface area contributed by atoms with E-state index in [1.165, 1.54) is 28.8 Å². The molecule has 37 heavy (non-hydrogen) atoms. The summed E-state index contributed by atoms with van der Waals surface area (Å²) in [4.78, 5) is 8.20. The van der Waals surface area contributed by atoms with Crippen LogP contribution in [0, 0.1) is 0 Å². The molecule has 4 heterocycles. The van der Waals surface area contributed by atoms with Crippen molar-refractivity contribution in [2.75, 3.05) is 6.54 Å². The Labute approximate surface area is 210 Å². The third kappa shape index (κ3) is 3.87. The van der Waals surface area contributed by atoms with E-state index in [1.807, 2.05) is 0 Å². The zero-order valence-corrected chi connectivity index (χ0v) is 20.4. The third-order valence-corrected chi connectivity index (χ3v) is 8.65. The summed E-state index contributed by atoms with van der Waals surface area (Å²) in [5, 5.41) is 5.11. The maximum absolute atomic E-state index is 13.8. The summed E-state index contributed by atoms with van der Waals surface area (Å²) in [6, 6.07) is 9.32. The van der Waals surface area contributed by atoms with Crippen LogP contribution < -0.4 is 0 Å². The van der Waals surface area contributed by atoms with Gasteiger partial charge in [-0.3, -0.25) is 4.68 Å². The molecule has 6 rings (SSSR count). The Morgan fingerprint density at radius 2 is 1.73 bits per heavy atom. The molecule has 0 aliphatic carbocycles. The fourth-order valence-corrected chi connectivity index (χ4v) is 6.79. The van der Waals surface area contributed by atoms with Crippen LogP contribution in [0.2, 0.25) is 0 Å². The molecule has 1 fully saturated rings. The zero-order valence-electron chi connectivity index (χ0n) is 19.6. The number of nitrogens with zero attached hydrogens (tertiary/aromatic N) is 6. The summed E-state index contributed by atoms with van der Waals surface area (Å²) in [6.07, 6.45) is 3.38. The lowest BCUT2D eigenvalue weighted by atomic mass is 10.1. The van der Waals surface area contributed by atoms with Gasteiger partial charge in [-0.25, -0.2) is 18.4 Å². The van der Waals surface area contributed by atoms with E-state index in [9.17, 15) is 21.6 Å². The van der Waals surface area contributed by atoms with Gasteiger partial charge in [0.1, 0.15) is 11.8 Å². The second kappa shape index (κ2) is 8.38. The standard InChI is InChI=1S/C25H21F3N6O2S/c1-32-14-23-24(31-32)20-11-19(37(35,36)33-10-2-3-21(33)16-12-29-15-30-13-16)8-9-22(20)34(23)18-6-4-17(5-7-18)25(26,27)28/h4-9,11-15,21H,2-3,10H2,1H3. The van der Waals surface area contributed by atoms with Gasteiger partial charge in [0, 0.05) is 48.8 Å². The van der Waals surface area contributed by atoms with E-state index in [2.05, 4.69) is 15.1 Å². The molecule has 5 aromatic rings. The molecule has 0 bridgehead atoms. The van der Waals surface area contributed by atoms with Crippen molar-refractivity contribution in [2.45, 2.75) is 30.0 Å². The van der Waals surface area contributed by atoms with Gasteiger partial charge < -0.3 is 4.57 Å². The van der Waals surface area contributed by atoms with Crippen molar-refractivity contribution >= 4 is 32.0 Å². The first-order chi connectivity index (χ1) is 17.6. The Kier molecular flexibility index (Phi) is 5.35. The number of fused-ring (bicyclic) bond motifs is 3. The predicted molar refractivity (Wildman–Crippen MR) is 130 cm³/mol. The van der Waals surface area contributed by atoms with E-state index >= 15 is 0 Å². The minimum atomic E-state index is -4.44. The number of aryl methyl sites for hydroxylation is 1. The average molecular weight is 527 g/mol. The second-order valence-electron chi connectivity index (χ2n) is 9.04. The number of rotatable bonds is 4. The lowest BCUT2D eigenvalue weighted by Gasteiger charge is -2.24. The van der Waals surface area contributed by atoms with E-state index in [0.717, 1.165) is 24.1 Å². The Bertz CT molecular complexity index is 1730. The maximum atomic E-state index is 13.8. The summed E-state index contributed by atoms with van der Waals surface area (Å²) >= 11 is 0. The van der Waals surface area contributed by atoms with Crippen LogP contribution in [0.1, 0.15) is 30.0 Å². The first kappa shape index (κ1) is 23.6. The van der Waals surface area contributed by atoms with Crippen LogP contribution in [0.25, 0.3) is 27.6 Å². The quantitative estimate of drug-likeness (QED) is 0.334. The first-order valence-corrected chi connectivity index (χ1v) is 13.0. The number of benzene rings is 2. The molecule has 0 spiro atoms. The SMILES string of the molecule is Cn1cc2c(n1)c1cc(S(=O)(=O)N3CCCC3c3cncnc3)ccc1n2-c1ccc(C(F)(F)F)cc1. The van der Waals surface area contributed by atoms with Crippen LogP contribution in [0.4, 0.5) is 13.2 Å². The third-order valence-electron chi connectivity index (χ3n) is 6.74. The second-order valence-corrected chi connectivity index (χ2v) is 10.9. The van der Waals surface area contributed by atoms with Gasteiger partial charge in [0.25, 0.3) is 0 Å². The Balaban J connectivity index is 1.47. The number of halogens is 3. The predicted octanol–water partition coefficient (Wildman–Crippen LogP) is 4.85. The van der Waals surface area contributed by atoms with E-state index in [-0.39, 0.29) is 10.9 Å². The van der Waals surface area contributed by atoms with Crippen LogP contribution in [-0.2, 0) is 23.2 Å². The van der Waals surface area contributed by atoms with Crippen LogP contribution in [0.15, 0.2) is 72.3 Å². The molecule has 1 aliphatic heterocycles. The van der Waals surface area contributed by atoms with E-state index in [0.29, 0.717) is 40.6 Å². The van der Waals surface area contributed by atoms with Crippen LogP contribution in [0.5, 0.6) is 0 Å². The molecule has 0 N–H and O–H groups in total. The molecule has 1 unspecified atom stereocenters. The molecule has 1 atom stereocenters. The summed E-state index contributed by atoms with van der Waals surface area (Å²) in [5.74, 6) is 0. The normalized spacial score (nSPS) is 17.2. The molecular formula is C25H21F3N6O2S. The molecule has 0 radical (unpaired) electrons. The van der Waals surface area contributed by atoms with E-state index in [1.54, 1.807) is 47.0 Å². The van der Waals surface area contributed by atoms with Gasteiger partial charge in [0.2, 0.25) is 10.0 Å². The van der Waals surface area contributed by atoms with Crippen molar-refractivity contribution in [2.24, 2.45) is 7.05 Å². The highest BCUT2D eigenvalue weighted by molar-refractivity contribution is 7.89. The Hall–Kier alpha value is -3.77. The summed E-state index contributed by atoms with van der Waals surface area (Å²) in [5.41, 5.74) is 2.38. The molecule has 0 saturated carbocycles.